The lowest BCUT2D eigenvalue weighted by Crippen LogP contribution is -2.53. The first-order valence-corrected chi connectivity index (χ1v) is 10.9. The van der Waals surface area contributed by atoms with Crippen LogP contribution in [0.3, 0.4) is 0 Å². The van der Waals surface area contributed by atoms with E-state index < -0.39 is 27.8 Å². The number of allylic oxidation sites excluding steroid dienone is 2. The van der Waals surface area contributed by atoms with Crippen LogP contribution >= 0.6 is 0 Å². The van der Waals surface area contributed by atoms with Gasteiger partial charge in [0, 0.05) is 26.2 Å². The monoisotopic (exact) mass is 406 g/mol. The summed E-state index contributed by atoms with van der Waals surface area (Å²) in [6.07, 6.45) is 4.42. The van der Waals surface area contributed by atoms with Crippen molar-refractivity contribution in [3.63, 3.8) is 0 Å². The zero-order valence-corrected chi connectivity index (χ0v) is 17.0. The summed E-state index contributed by atoms with van der Waals surface area (Å²) < 4.78 is 27.4. The van der Waals surface area contributed by atoms with Crippen molar-refractivity contribution in [2.45, 2.75) is 31.6 Å². The number of carbonyl (C=O) groups is 2. The lowest BCUT2D eigenvalue weighted by atomic mass is 9.82. The number of piperazine rings is 1. The van der Waals surface area contributed by atoms with E-state index in [1.54, 1.807) is 30.0 Å². The second-order valence-corrected chi connectivity index (χ2v) is 9.40. The minimum Gasteiger partial charge on any atom is -0.481 e. The van der Waals surface area contributed by atoms with Gasteiger partial charge in [-0.05, 0) is 43.9 Å². The van der Waals surface area contributed by atoms with Gasteiger partial charge in [-0.1, -0.05) is 24.3 Å². The number of amides is 1. The van der Waals surface area contributed by atoms with Crippen molar-refractivity contribution in [3.05, 3.63) is 41.5 Å². The van der Waals surface area contributed by atoms with Gasteiger partial charge in [0.25, 0.3) is 0 Å². The number of carbonyl (C=O) groups excluding carboxylic acids is 1. The van der Waals surface area contributed by atoms with Crippen LogP contribution in [0.25, 0.3) is 0 Å². The quantitative estimate of drug-likeness (QED) is 0.770. The highest BCUT2D eigenvalue weighted by Crippen LogP contribution is 2.29. The Morgan fingerprint density at radius 1 is 1.00 bits per heavy atom. The van der Waals surface area contributed by atoms with E-state index in [1.807, 2.05) is 19.1 Å². The Bertz CT molecular complexity index is 901. The van der Waals surface area contributed by atoms with Crippen molar-refractivity contribution in [1.82, 2.24) is 9.21 Å². The average molecular weight is 407 g/mol. The molecule has 1 N–H and O–H groups in total. The van der Waals surface area contributed by atoms with E-state index in [1.165, 1.54) is 4.31 Å². The number of hydrogen-bond acceptors (Lipinski definition) is 4. The predicted molar refractivity (Wildman–Crippen MR) is 104 cm³/mol. The van der Waals surface area contributed by atoms with Gasteiger partial charge in [0.2, 0.25) is 15.9 Å². The molecule has 1 aromatic rings. The molecule has 1 saturated heterocycles. The number of carboxylic acid groups (broad SMARTS) is 1. The van der Waals surface area contributed by atoms with E-state index in [-0.39, 0.29) is 32.1 Å². The zero-order valence-electron chi connectivity index (χ0n) is 16.2. The van der Waals surface area contributed by atoms with Crippen molar-refractivity contribution >= 4 is 21.9 Å². The van der Waals surface area contributed by atoms with Gasteiger partial charge in [-0.15, -0.1) is 0 Å². The standard InChI is InChI=1S/C20H26N2O5S/c1-14-7-8-15(2)18(13-14)28(26,27)22-11-9-21(10-12-22)19(23)16-5-3-4-6-17(16)20(24)25/h3-4,7-8,13,16-17H,5-6,9-12H2,1-2H3,(H,24,25)/t16-,17+/m0/s1. The molecular weight excluding hydrogens is 380 g/mol. The SMILES string of the molecule is Cc1ccc(C)c(S(=O)(=O)N2CCN(C(=O)[C@H]3CC=CC[C@H]3C(=O)O)CC2)c1. The Hall–Kier alpha value is -2.19. The van der Waals surface area contributed by atoms with Crippen molar-refractivity contribution in [1.29, 1.82) is 0 Å². The summed E-state index contributed by atoms with van der Waals surface area (Å²) in [7, 11) is -3.62. The van der Waals surface area contributed by atoms with Crippen LogP contribution in [0, 0.1) is 25.7 Å². The molecule has 2 aliphatic rings. The molecule has 0 radical (unpaired) electrons. The molecule has 8 heteroatoms. The lowest BCUT2D eigenvalue weighted by molar-refractivity contribution is -0.151. The molecular formula is C20H26N2O5S. The second-order valence-electron chi connectivity index (χ2n) is 7.49. The first-order valence-electron chi connectivity index (χ1n) is 9.46. The van der Waals surface area contributed by atoms with Gasteiger partial charge in [0.1, 0.15) is 0 Å². The molecule has 1 aromatic carbocycles. The van der Waals surface area contributed by atoms with E-state index >= 15 is 0 Å². The molecule has 1 fully saturated rings. The summed E-state index contributed by atoms with van der Waals surface area (Å²) in [5.41, 5.74) is 1.57. The molecule has 0 unspecified atom stereocenters. The Morgan fingerprint density at radius 2 is 1.61 bits per heavy atom. The van der Waals surface area contributed by atoms with Crippen LogP contribution in [-0.4, -0.2) is 60.8 Å². The van der Waals surface area contributed by atoms with Crippen molar-refractivity contribution in [3.8, 4) is 0 Å². The van der Waals surface area contributed by atoms with E-state index in [0.717, 1.165) is 5.56 Å². The highest BCUT2D eigenvalue weighted by molar-refractivity contribution is 7.89. The van der Waals surface area contributed by atoms with Crippen LogP contribution in [-0.2, 0) is 19.6 Å². The maximum Gasteiger partial charge on any atom is 0.307 e. The van der Waals surface area contributed by atoms with Crippen LogP contribution in [0.4, 0.5) is 0 Å². The zero-order chi connectivity index (χ0) is 20.5. The average Bonchev–Trinajstić information content (AvgIpc) is 2.69. The van der Waals surface area contributed by atoms with Gasteiger partial charge < -0.3 is 10.0 Å². The fourth-order valence-corrected chi connectivity index (χ4v) is 5.60. The van der Waals surface area contributed by atoms with Gasteiger partial charge in [0.05, 0.1) is 16.7 Å². The van der Waals surface area contributed by atoms with Gasteiger partial charge in [-0.3, -0.25) is 9.59 Å². The summed E-state index contributed by atoms with van der Waals surface area (Å²) in [5.74, 6) is -2.45. The minimum absolute atomic E-state index is 0.194. The Morgan fingerprint density at radius 3 is 2.21 bits per heavy atom. The molecule has 7 nitrogen and oxygen atoms in total. The molecule has 1 heterocycles. The molecule has 0 aromatic heterocycles. The summed E-state index contributed by atoms with van der Waals surface area (Å²) in [4.78, 5) is 26.2. The summed E-state index contributed by atoms with van der Waals surface area (Å²) in [6, 6.07) is 5.35. The second kappa shape index (κ2) is 8.05. The fraction of sp³-hybridized carbons (Fsp3) is 0.500. The summed E-state index contributed by atoms with van der Waals surface area (Å²) >= 11 is 0. The van der Waals surface area contributed by atoms with Gasteiger partial charge in [0.15, 0.2) is 0 Å². The first kappa shape index (κ1) is 20.5. The van der Waals surface area contributed by atoms with Crippen LogP contribution in [0.2, 0.25) is 0 Å². The number of aryl methyl sites for hydroxylation is 2. The molecule has 2 atom stereocenters. The third kappa shape index (κ3) is 3.98. The Labute approximate surface area is 165 Å². The Balaban J connectivity index is 1.70. The number of benzene rings is 1. The highest BCUT2D eigenvalue weighted by Gasteiger charge is 2.38. The van der Waals surface area contributed by atoms with Gasteiger partial charge >= 0.3 is 5.97 Å². The first-order chi connectivity index (χ1) is 13.2. The molecule has 3 rings (SSSR count). The smallest absolute Gasteiger partial charge is 0.307 e. The third-order valence-electron chi connectivity index (χ3n) is 5.58. The topological polar surface area (TPSA) is 95.0 Å². The number of rotatable bonds is 4. The van der Waals surface area contributed by atoms with E-state index in [2.05, 4.69) is 0 Å². The predicted octanol–water partition coefficient (Wildman–Crippen LogP) is 1.80. The van der Waals surface area contributed by atoms with Crippen molar-refractivity contribution in [2.75, 3.05) is 26.2 Å². The molecule has 0 bridgehead atoms. The number of nitrogens with zero attached hydrogens (tertiary/aromatic N) is 2. The van der Waals surface area contributed by atoms with E-state index in [9.17, 15) is 23.1 Å². The van der Waals surface area contributed by atoms with Crippen LogP contribution in [0.1, 0.15) is 24.0 Å². The molecule has 1 amide bonds. The van der Waals surface area contributed by atoms with Crippen molar-refractivity contribution < 1.29 is 23.1 Å². The fourth-order valence-electron chi connectivity index (χ4n) is 3.87. The van der Waals surface area contributed by atoms with Gasteiger partial charge in [-0.2, -0.15) is 4.31 Å². The number of sulfonamides is 1. The van der Waals surface area contributed by atoms with Gasteiger partial charge in [-0.25, -0.2) is 8.42 Å². The molecule has 1 aliphatic carbocycles. The normalized spacial score (nSPS) is 23.6. The van der Waals surface area contributed by atoms with Crippen LogP contribution < -0.4 is 0 Å². The third-order valence-corrected chi connectivity index (χ3v) is 7.62. The molecule has 152 valence electrons. The van der Waals surface area contributed by atoms with Crippen LogP contribution in [0.5, 0.6) is 0 Å². The molecule has 1 aliphatic heterocycles. The molecule has 0 spiro atoms. The highest BCUT2D eigenvalue weighted by atomic mass is 32.2. The van der Waals surface area contributed by atoms with E-state index in [4.69, 9.17) is 0 Å². The number of carboxylic acids is 1. The maximum absolute atomic E-state index is 13.0. The lowest BCUT2D eigenvalue weighted by Gasteiger charge is -2.37. The molecule has 0 saturated carbocycles. The number of hydrogen-bond donors (Lipinski definition) is 1. The number of aliphatic carboxylic acids is 1. The van der Waals surface area contributed by atoms with Crippen LogP contribution in [0.15, 0.2) is 35.2 Å². The Kier molecular flexibility index (Phi) is 5.90. The van der Waals surface area contributed by atoms with Crippen molar-refractivity contribution in [2.24, 2.45) is 11.8 Å². The maximum atomic E-state index is 13.0. The van der Waals surface area contributed by atoms with E-state index in [0.29, 0.717) is 23.3 Å². The summed E-state index contributed by atoms with van der Waals surface area (Å²) in [6.45, 7) is 4.59. The molecule has 28 heavy (non-hydrogen) atoms. The summed E-state index contributed by atoms with van der Waals surface area (Å²) in [5, 5.41) is 9.39. The largest absolute Gasteiger partial charge is 0.481 e. The minimum atomic E-state index is -3.62.